The number of hydrogen-bond acceptors (Lipinski definition) is 12. The molecule has 2 bridgehead atoms. The highest BCUT2D eigenvalue weighted by Gasteiger charge is 2.61. The zero-order chi connectivity index (χ0) is 43.2. The quantitative estimate of drug-likeness (QED) is 0.238. The Morgan fingerprint density at radius 1 is 0.842 bits per heavy atom. The fraction of sp³-hybridized carbons (Fsp3) is 0.778. The van der Waals surface area contributed by atoms with Gasteiger partial charge in [-0.1, -0.05) is 92.7 Å². The van der Waals surface area contributed by atoms with Crippen molar-refractivity contribution in [3.05, 3.63) is 36.5 Å². The van der Waals surface area contributed by atoms with E-state index in [1.54, 1.807) is 20.8 Å². The van der Waals surface area contributed by atoms with Crippen LogP contribution in [0.4, 0.5) is 0 Å². The summed E-state index contributed by atoms with van der Waals surface area (Å²) < 4.78 is 19.6. The van der Waals surface area contributed by atoms with Crippen LogP contribution in [0.3, 0.4) is 0 Å². The van der Waals surface area contributed by atoms with E-state index in [0.717, 1.165) is 0 Å². The molecule has 0 radical (unpaired) electrons. The fourth-order valence-electron chi connectivity index (χ4n) is 8.95. The average Bonchev–Trinajstić information content (AvgIpc) is 3.16. The molecule has 12 nitrogen and oxygen atoms in total. The fourth-order valence-corrected chi connectivity index (χ4v) is 8.95. The normalized spacial score (nSPS) is 46.2. The number of carbonyl (C=O) groups is 4. The lowest BCUT2D eigenvalue weighted by atomic mass is 9.72. The second-order valence-electron chi connectivity index (χ2n) is 17.9. The summed E-state index contributed by atoms with van der Waals surface area (Å²) in [5, 5.41) is 55.0. The number of rotatable bonds is 3. The van der Waals surface area contributed by atoms with Gasteiger partial charge in [0, 0.05) is 42.1 Å². The number of allylic oxidation sites excluding steroid dienone is 4. The second kappa shape index (κ2) is 20.6. The predicted octanol–water partition coefficient (Wildman–Crippen LogP) is 5.06. The minimum atomic E-state index is -2.21. The van der Waals surface area contributed by atoms with Crippen LogP contribution in [-0.2, 0) is 33.4 Å². The number of fused-ring (bicyclic) bond motifs is 2. The van der Waals surface area contributed by atoms with Gasteiger partial charge >= 0.3 is 5.97 Å². The monoisotopic (exact) mass is 805 g/mol. The third-order valence-corrected chi connectivity index (χ3v) is 13.1. The molecule has 0 aliphatic carbocycles. The van der Waals surface area contributed by atoms with Crippen molar-refractivity contribution >= 4 is 23.3 Å². The molecule has 12 heteroatoms. The number of ether oxygens (including phenoxy) is 3. The zero-order valence-corrected chi connectivity index (χ0v) is 36.0. The molecule has 2 saturated heterocycles. The number of esters is 1. The Hall–Kier alpha value is -2.58. The molecule has 18 atom stereocenters. The zero-order valence-electron chi connectivity index (χ0n) is 36.0. The molecule has 3 heterocycles. The molecule has 3 aliphatic heterocycles. The molecule has 0 amide bonds. The van der Waals surface area contributed by atoms with Gasteiger partial charge in [-0.3, -0.25) is 14.4 Å². The van der Waals surface area contributed by atoms with Crippen LogP contribution in [0.2, 0.25) is 0 Å². The summed E-state index contributed by atoms with van der Waals surface area (Å²) in [5.74, 6) is -9.51. The van der Waals surface area contributed by atoms with Crippen molar-refractivity contribution in [3.8, 4) is 0 Å². The van der Waals surface area contributed by atoms with Crippen molar-refractivity contribution < 1.29 is 58.9 Å². The first kappa shape index (κ1) is 48.8. The molecule has 3 aliphatic rings. The smallest absolute Gasteiger partial charge is 0.330 e. The van der Waals surface area contributed by atoms with E-state index in [1.165, 1.54) is 39.8 Å². The Bertz CT molecular complexity index is 1470. The van der Waals surface area contributed by atoms with E-state index in [-0.39, 0.29) is 30.0 Å². The lowest BCUT2D eigenvalue weighted by Gasteiger charge is -2.54. The van der Waals surface area contributed by atoms with Gasteiger partial charge in [0.15, 0.2) is 11.6 Å². The summed E-state index contributed by atoms with van der Waals surface area (Å²) in [6.45, 7) is 18.4. The number of carbonyl (C=O) groups excluding carboxylic acids is 4. The van der Waals surface area contributed by atoms with Gasteiger partial charge in [0.1, 0.15) is 17.5 Å². The molecule has 0 aromatic rings. The molecule has 0 aromatic heterocycles. The molecular weight excluding hydrogens is 732 g/mol. The minimum absolute atomic E-state index is 0.0811. The van der Waals surface area contributed by atoms with E-state index < -0.39 is 107 Å². The highest BCUT2D eigenvalue weighted by molar-refractivity contribution is 5.91. The predicted molar refractivity (Wildman–Crippen MR) is 215 cm³/mol. The molecule has 5 N–H and O–H groups in total. The minimum Gasteiger partial charge on any atom is -0.458 e. The van der Waals surface area contributed by atoms with Crippen molar-refractivity contribution in [2.24, 2.45) is 53.3 Å². The van der Waals surface area contributed by atoms with Gasteiger partial charge in [0.2, 0.25) is 5.79 Å². The highest BCUT2D eigenvalue weighted by Crippen LogP contribution is 2.48. The van der Waals surface area contributed by atoms with Crippen LogP contribution in [0.1, 0.15) is 115 Å². The number of ketones is 3. The van der Waals surface area contributed by atoms with Crippen LogP contribution < -0.4 is 0 Å². The first-order valence-corrected chi connectivity index (χ1v) is 21.1. The van der Waals surface area contributed by atoms with Crippen LogP contribution in [0, 0.1) is 53.3 Å². The van der Waals surface area contributed by atoms with Crippen LogP contribution in [0.25, 0.3) is 0 Å². The molecule has 3 rings (SSSR count). The Balaban J connectivity index is 2.02. The molecule has 324 valence electrons. The summed E-state index contributed by atoms with van der Waals surface area (Å²) in [4.78, 5) is 54.7. The van der Waals surface area contributed by atoms with E-state index >= 15 is 0 Å². The summed E-state index contributed by atoms with van der Waals surface area (Å²) in [6.07, 6.45) is 6.02. The molecule has 2 fully saturated rings. The van der Waals surface area contributed by atoms with Crippen molar-refractivity contribution in [3.63, 3.8) is 0 Å². The maximum Gasteiger partial charge on any atom is 0.330 e. The van der Waals surface area contributed by atoms with Crippen molar-refractivity contribution in [1.82, 2.24) is 0 Å². The van der Waals surface area contributed by atoms with Crippen molar-refractivity contribution in [2.75, 3.05) is 0 Å². The van der Waals surface area contributed by atoms with E-state index in [2.05, 4.69) is 6.92 Å². The summed E-state index contributed by atoms with van der Waals surface area (Å²) in [5.41, 5.74) is -2.21. The number of hydrogen-bond donors (Lipinski definition) is 5. The first-order valence-electron chi connectivity index (χ1n) is 21.1. The average molecular weight is 805 g/mol. The number of Topliss-reactive ketones (excluding diaryl/α,β-unsaturated/α-hetero) is 3. The molecule has 0 aromatic carbocycles. The molecule has 1 spiro atoms. The summed E-state index contributed by atoms with van der Waals surface area (Å²) in [6, 6.07) is 0. The Kier molecular flexibility index (Phi) is 17.6. The first-order chi connectivity index (χ1) is 26.5. The van der Waals surface area contributed by atoms with Crippen molar-refractivity contribution in [1.29, 1.82) is 0 Å². The van der Waals surface area contributed by atoms with Gasteiger partial charge < -0.3 is 39.7 Å². The van der Waals surface area contributed by atoms with Gasteiger partial charge in [0.25, 0.3) is 0 Å². The van der Waals surface area contributed by atoms with E-state index in [1.807, 2.05) is 45.1 Å². The summed E-state index contributed by atoms with van der Waals surface area (Å²) in [7, 11) is 0. The Morgan fingerprint density at radius 3 is 2.09 bits per heavy atom. The topological polar surface area (TPSA) is 197 Å². The van der Waals surface area contributed by atoms with Crippen molar-refractivity contribution in [2.45, 2.75) is 169 Å². The Morgan fingerprint density at radius 2 is 1.47 bits per heavy atom. The maximum absolute atomic E-state index is 14.1. The van der Waals surface area contributed by atoms with Gasteiger partial charge in [-0.05, 0) is 63.7 Å². The number of aliphatic hydroxyl groups is 5. The number of aliphatic hydroxyl groups excluding tert-OH is 4. The Labute approximate surface area is 340 Å². The lowest BCUT2D eigenvalue weighted by Crippen LogP contribution is -2.67. The van der Waals surface area contributed by atoms with Gasteiger partial charge in [-0.25, -0.2) is 4.79 Å². The van der Waals surface area contributed by atoms with Crippen LogP contribution in [-0.4, -0.2) is 103 Å². The standard InChI is InChI=1S/C45H72O12/c1-12-33-41-29(7)34(56-45(33)36(47)22-27(5)35(57-45)23-28(6)46)20-18-24(2)16-14-13-15-17-26(4)42(52)44(11,54)43(53)32(10)40(51)31(9)39(50)30(8)38(49)25(3)19-21-37(48)55-41/h13-16,19,21,24-35,38,40-42,46,49,51-52,54H,12,17-18,20,22-23H2,1-11H3/b15-13-,16-14-,21-19-/t24-,25-,26+,27-,28+,29+,30-,31-,32-,33-,34-,35-,38+,40+,41+,42-,44+,45+/m1/s1. The molecule has 0 unspecified atom stereocenters. The molecule has 57 heavy (non-hydrogen) atoms. The third kappa shape index (κ3) is 11.4. The van der Waals surface area contributed by atoms with Gasteiger partial charge in [-0.2, -0.15) is 0 Å². The van der Waals surface area contributed by atoms with Gasteiger partial charge in [-0.15, -0.1) is 0 Å². The van der Waals surface area contributed by atoms with E-state index in [4.69, 9.17) is 14.2 Å². The maximum atomic E-state index is 14.1. The van der Waals surface area contributed by atoms with Crippen LogP contribution in [0.15, 0.2) is 36.5 Å². The summed E-state index contributed by atoms with van der Waals surface area (Å²) >= 11 is 0. The second-order valence-corrected chi connectivity index (χ2v) is 17.9. The molecular formula is C45H72O12. The SMILES string of the molecule is CC[C@@H]1[C@H]2OC(=O)/C=C\[C@@H](C)[C@H](O)[C@@H](C)C(=O)[C@@H](C)[C@H](O)[C@@H](C)C(=O)[C@@](C)(O)[C@H](O)[C@@H](C)C/C=C\C=C/[C@@H](C)CC[C@@H](O[C@]13O[C@H](C[C@H](C)O)[C@H](C)CC3=O)[C@@H]2C. The highest BCUT2D eigenvalue weighted by atomic mass is 16.7. The lowest BCUT2D eigenvalue weighted by molar-refractivity contribution is -0.347. The van der Waals surface area contributed by atoms with Crippen LogP contribution in [0.5, 0.6) is 0 Å². The van der Waals surface area contributed by atoms with Gasteiger partial charge in [0.05, 0.1) is 42.5 Å². The molecule has 0 saturated carbocycles. The van der Waals surface area contributed by atoms with E-state index in [9.17, 15) is 44.7 Å². The third-order valence-electron chi connectivity index (χ3n) is 13.1. The van der Waals surface area contributed by atoms with Crippen LogP contribution >= 0.6 is 0 Å². The largest absolute Gasteiger partial charge is 0.458 e. The van der Waals surface area contributed by atoms with E-state index in [0.29, 0.717) is 32.1 Å².